The normalized spacial score (nSPS) is 10.7. The lowest BCUT2D eigenvalue weighted by molar-refractivity contribution is 0.593. The highest BCUT2D eigenvalue weighted by Crippen LogP contribution is 2.22. The fraction of sp³-hybridized carbons (Fsp3) is 0.188. The molecular formula is C16H17N5. The van der Waals surface area contributed by atoms with E-state index in [1.54, 1.807) is 4.68 Å². The van der Waals surface area contributed by atoms with Crippen molar-refractivity contribution >= 4 is 5.69 Å². The van der Waals surface area contributed by atoms with E-state index < -0.39 is 0 Å². The van der Waals surface area contributed by atoms with E-state index in [9.17, 15) is 0 Å². The predicted molar refractivity (Wildman–Crippen MR) is 82.5 cm³/mol. The van der Waals surface area contributed by atoms with Crippen molar-refractivity contribution in [2.45, 2.75) is 19.9 Å². The number of nitrogen functional groups attached to an aromatic ring is 1. The van der Waals surface area contributed by atoms with Crippen LogP contribution in [0.1, 0.15) is 11.1 Å². The SMILES string of the molecule is Cc1ccccc1CCn1nnnc1-c1ccccc1N. The lowest BCUT2D eigenvalue weighted by atomic mass is 10.1. The molecule has 0 saturated heterocycles. The Hall–Kier alpha value is -2.69. The number of hydrogen-bond donors (Lipinski definition) is 1. The van der Waals surface area contributed by atoms with Gasteiger partial charge >= 0.3 is 0 Å². The maximum absolute atomic E-state index is 6.00. The van der Waals surface area contributed by atoms with Crippen molar-refractivity contribution in [1.29, 1.82) is 0 Å². The molecule has 0 atom stereocenters. The quantitative estimate of drug-likeness (QED) is 0.745. The number of para-hydroxylation sites is 1. The Kier molecular flexibility index (Phi) is 3.64. The summed E-state index contributed by atoms with van der Waals surface area (Å²) in [4.78, 5) is 0. The summed E-state index contributed by atoms with van der Waals surface area (Å²) < 4.78 is 1.80. The van der Waals surface area contributed by atoms with Crippen LogP contribution in [0.5, 0.6) is 0 Å². The Labute approximate surface area is 123 Å². The van der Waals surface area contributed by atoms with Gasteiger partial charge in [0.05, 0.1) is 0 Å². The molecular weight excluding hydrogens is 262 g/mol. The van der Waals surface area contributed by atoms with Gasteiger partial charge in [-0.25, -0.2) is 4.68 Å². The molecule has 2 aromatic carbocycles. The second-order valence-electron chi connectivity index (χ2n) is 4.99. The van der Waals surface area contributed by atoms with E-state index in [0.717, 1.165) is 18.5 Å². The van der Waals surface area contributed by atoms with Crippen LogP contribution in [0.2, 0.25) is 0 Å². The third-order valence-electron chi connectivity index (χ3n) is 3.59. The number of anilines is 1. The molecule has 3 aromatic rings. The zero-order valence-corrected chi connectivity index (χ0v) is 11.9. The number of aromatic nitrogens is 4. The Morgan fingerprint density at radius 1 is 1.05 bits per heavy atom. The van der Waals surface area contributed by atoms with Crippen LogP contribution < -0.4 is 5.73 Å². The van der Waals surface area contributed by atoms with Crippen LogP contribution in [0.15, 0.2) is 48.5 Å². The predicted octanol–water partition coefficient (Wildman–Crippen LogP) is 2.47. The topological polar surface area (TPSA) is 69.6 Å². The molecule has 5 heteroatoms. The van der Waals surface area contributed by atoms with Crippen molar-refractivity contribution in [3.05, 3.63) is 59.7 Å². The minimum atomic E-state index is 0.685. The second-order valence-corrected chi connectivity index (χ2v) is 4.99. The number of nitrogens with zero attached hydrogens (tertiary/aromatic N) is 4. The molecule has 0 fully saturated rings. The van der Waals surface area contributed by atoms with Crippen LogP contribution in [0.25, 0.3) is 11.4 Å². The van der Waals surface area contributed by atoms with E-state index in [2.05, 4.69) is 40.6 Å². The molecule has 0 aliphatic carbocycles. The number of hydrogen-bond acceptors (Lipinski definition) is 4. The largest absolute Gasteiger partial charge is 0.398 e. The maximum atomic E-state index is 6.00. The lowest BCUT2D eigenvalue weighted by Gasteiger charge is -2.08. The molecule has 21 heavy (non-hydrogen) atoms. The monoisotopic (exact) mass is 279 g/mol. The average Bonchev–Trinajstić information content (AvgIpc) is 2.95. The molecule has 1 aromatic heterocycles. The smallest absolute Gasteiger partial charge is 0.184 e. The second kappa shape index (κ2) is 5.75. The number of tetrazole rings is 1. The molecule has 0 unspecified atom stereocenters. The highest BCUT2D eigenvalue weighted by Gasteiger charge is 2.11. The third-order valence-corrected chi connectivity index (χ3v) is 3.59. The summed E-state index contributed by atoms with van der Waals surface area (Å²) in [5, 5.41) is 12.0. The van der Waals surface area contributed by atoms with Gasteiger partial charge in [0.1, 0.15) is 0 Å². The van der Waals surface area contributed by atoms with Crippen LogP contribution in [-0.4, -0.2) is 20.2 Å². The molecule has 2 N–H and O–H groups in total. The van der Waals surface area contributed by atoms with Gasteiger partial charge < -0.3 is 5.73 Å². The van der Waals surface area contributed by atoms with Crippen LogP contribution in [0.3, 0.4) is 0 Å². The molecule has 0 radical (unpaired) electrons. The number of aryl methyl sites for hydroxylation is 3. The minimum Gasteiger partial charge on any atom is -0.398 e. The maximum Gasteiger partial charge on any atom is 0.184 e. The molecule has 0 saturated carbocycles. The first-order valence-corrected chi connectivity index (χ1v) is 6.91. The third kappa shape index (κ3) is 2.76. The number of nitrogens with two attached hydrogens (primary N) is 1. The van der Waals surface area contributed by atoms with Gasteiger partial charge in [-0.05, 0) is 47.0 Å². The van der Waals surface area contributed by atoms with Gasteiger partial charge in [-0.3, -0.25) is 0 Å². The Morgan fingerprint density at radius 2 is 1.81 bits per heavy atom. The lowest BCUT2D eigenvalue weighted by Crippen LogP contribution is -2.07. The summed E-state index contributed by atoms with van der Waals surface area (Å²) in [7, 11) is 0. The fourth-order valence-corrected chi connectivity index (χ4v) is 2.37. The summed E-state index contributed by atoms with van der Waals surface area (Å²) in [5.41, 5.74) is 10.1. The first kappa shape index (κ1) is 13.3. The molecule has 5 nitrogen and oxygen atoms in total. The van der Waals surface area contributed by atoms with E-state index in [1.807, 2.05) is 30.3 Å². The molecule has 0 bridgehead atoms. The highest BCUT2D eigenvalue weighted by molar-refractivity contribution is 5.70. The van der Waals surface area contributed by atoms with Crippen LogP contribution in [-0.2, 0) is 13.0 Å². The van der Waals surface area contributed by atoms with E-state index in [4.69, 9.17) is 5.73 Å². The molecule has 3 rings (SSSR count). The van der Waals surface area contributed by atoms with E-state index in [-0.39, 0.29) is 0 Å². The van der Waals surface area contributed by atoms with E-state index in [1.165, 1.54) is 11.1 Å². The minimum absolute atomic E-state index is 0.685. The Balaban J connectivity index is 1.84. The summed E-state index contributed by atoms with van der Waals surface area (Å²) in [6.45, 7) is 2.84. The van der Waals surface area contributed by atoms with Crippen molar-refractivity contribution in [3.8, 4) is 11.4 Å². The molecule has 0 aliphatic heterocycles. The summed E-state index contributed by atoms with van der Waals surface area (Å²) >= 11 is 0. The van der Waals surface area contributed by atoms with Gasteiger partial charge in [0.2, 0.25) is 0 Å². The highest BCUT2D eigenvalue weighted by atomic mass is 15.5. The van der Waals surface area contributed by atoms with Crippen molar-refractivity contribution in [2.75, 3.05) is 5.73 Å². The van der Waals surface area contributed by atoms with Crippen molar-refractivity contribution < 1.29 is 0 Å². The number of rotatable bonds is 4. The van der Waals surface area contributed by atoms with Gasteiger partial charge in [0.15, 0.2) is 5.82 Å². The van der Waals surface area contributed by atoms with Crippen molar-refractivity contribution in [3.63, 3.8) is 0 Å². The Morgan fingerprint density at radius 3 is 2.62 bits per heavy atom. The van der Waals surface area contributed by atoms with E-state index >= 15 is 0 Å². The molecule has 0 spiro atoms. The summed E-state index contributed by atoms with van der Waals surface area (Å²) in [5.74, 6) is 0.710. The van der Waals surface area contributed by atoms with Gasteiger partial charge in [-0.1, -0.05) is 36.4 Å². The zero-order valence-electron chi connectivity index (χ0n) is 11.9. The number of benzene rings is 2. The zero-order chi connectivity index (χ0) is 14.7. The van der Waals surface area contributed by atoms with Gasteiger partial charge in [0, 0.05) is 17.8 Å². The molecule has 1 heterocycles. The van der Waals surface area contributed by atoms with Gasteiger partial charge in [0.25, 0.3) is 0 Å². The molecule has 0 aliphatic rings. The van der Waals surface area contributed by atoms with Crippen LogP contribution in [0, 0.1) is 6.92 Å². The summed E-state index contributed by atoms with van der Waals surface area (Å²) in [6, 6.07) is 16.0. The molecule has 0 amide bonds. The first-order valence-electron chi connectivity index (χ1n) is 6.91. The standard InChI is InChI=1S/C16H17N5/c1-12-6-2-3-7-13(12)10-11-21-16(18-19-20-21)14-8-4-5-9-15(14)17/h2-9H,10-11,17H2,1H3. The fourth-order valence-electron chi connectivity index (χ4n) is 2.37. The van der Waals surface area contributed by atoms with E-state index in [0.29, 0.717) is 11.5 Å². The molecule has 106 valence electrons. The van der Waals surface area contributed by atoms with Gasteiger partial charge in [-0.15, -0.1) is 5.10 Å². The Bertz CT molecular complexity index is 748. The van der Waals surface area contributed by atoms with Gasteiger partial charge in [-0.2, -0.15) is 0 Å². The van der Waals surface area contributed by atoms with Crippen LogP contribution >= 0.6 is 0 Å². The average molecular weight is 279 g/mol. The first-order chi connectivity index (χ1) is 10.3. The van der Waals surface area contributed by atoms with Crippen molar-refractivity contribution in [2.24, 2.45) is 0 Å². The van der Waals surface area contributed by atoms with Crippen LogP contribution in [0.4, 0.5) is 5.69 Å². The summed E-state index contributed by atoms with van der Waals surface area (Å²) in [6.07, 6.45) is 0.886. The van der Waals surface area contributed by atoms with Crippen molar-refractivity contribution in [1.82, 2.24) is 20.2 Å².